The summed E-state index contributed by atoms with van der Waals surface area (Å²) in [7, 11) is 0. The Morgan fingerprint density at radius 1 is 1.13 bits per heavy atom. The zero-order chi connectivity index (χ0) is 16.4. The van der Waals surface area contributed by atoms with E-state index in [-0.39, 0.29) is 17.9 Å². The molecule has 0 amide bonds. The highest BCUT2D eigenvalue weighted by atomic mass is 16.5. The van der Waals surface area contributed by atoms with Crippen LogP contribution in [0.4, 0.5) is 0 Å². The maximum absolute atomic E-state index is 12.5. The minimum absolute atomic E-state index is 0.0150. The number of hydrogen-bond acceptors (Lipinski definition) is 4. The molecular weight excluding hydrogens is 294 g/mol. The number of phenols is 1. The van der Waals surface area contributed by atoms with Crippen LogP contribution < -0.4 is 5.56 Å². The number of nitrogens with zero attached hydrogens (tertiary/aromatic N) is 1. The highest BCUT2D eigenvalue weighted by molar-refractivity contribution is 5.89. The average molecular weight is 309 g/mol. The molecular formula is C18H15NO4. The Morgan fingerprint density at radius 3 is 2.61 bits per heavy atom. The first kappa shape index (κ1) is 14.8. The van der Waals surface area contributed by atoms with Gasteiger partial charge in [-0.15, -0.1) is 0 Å². The summed E-state index contributed by atoms with van der Waals surface area (Å²) in [6.07, 6.45) is 1.61. The van der Waals surface area contributed by atoms with Crippen molar-refractivity contribution in [2.75, 3.05) is 6.61 Å². The van der Waals surface area contributed by atoms with Crippen LogP contribution in [0.25, 0.3) is 16.6 Å². The summed E-state index contributed by atoms with van der Waals surface area (Å²) >= 11 is 0. The molecule has 0 bridgehead atoms. The Balaban J connectivity index is 2.19. The zero-order valence-electron chi connectivity index (χ0n) is 12.5. The van der Waals surface area contributed by atoms with Crippen molar-refractivity contribution in [2.45, 2.75) is 6.92 Å². The molecule has 1 aromatic carbocycles. The smallest absolute Gasteiger partial charge is 0.343 e. The van der Waals surface area contributed by atoms with Crippen LogP contribution in [-0.4, -0.2) is 22.1 Å². The Hall–Kier alpha value is -3.08. The van der Waals surface area contributed by atoms with E-state index in [9.17, 15) is 14.7 Å². The lowest BCUT2D eigenvalue weighted by Gasteiger charge is -2.08. The van der Waals surface area contributed by atoms with Gasteiger partial charge in [0.25, 0.3) is 5.56 Å². The van der Waals surface area contributed by atoms with E-state index in [4.69, 9.17) is 4.74 Å². The maximum atomic E-state index is 12.5. The minimum Gasteiger partial charge on any atom is -0.507 e. The highest BCUT2D eigenvalue weighted by Crippen LogP contribution is 2.28. The SMILES string of the molecule is CCOC(=O)c1ccc2ccc(-c3ccccc3O)cn2c1=O. The lowest BCUT2D eigenvalue weighted by atomic mass is 10.1. The number of fused-ring (bicyclic) bond motifs is 1. The van der Waals surface area contributed by atoms with E-state index in [1.807, 2.05) is 6.07 Å². The Labute approximate surface area is 132 Å². The summed E-state index contributed by atoms with van der Waals surface area (Å²) in [5, 5.41) is 9.96. The summed E-state index contributed by atoms with van der Waals surface area (Å²) in [6, 6.07) is 13.6. The van der Waals surface area contributed by atoms with Crippen LogP contribution in [0.2, 0.25) is 0 Å². The van der Waals surface area contributed by atoms with Gasteiger partial charge in [-0.25, -0.2) is 4.79 Å². The molecule has 5 heteroatoms. The van der Waals surface area contributed by atoms with Gasteiger partial charge in [0.05, 0.1) is 6.61 Å². The van der Waals surface area contributed by atoms with Gasteiger partial charge >= 0.3 is 5.97 Å². The first-order valence-corrected chi connectivity index (χ1v) is 7.22. The van der Waals surface area contributed by atoms with Crippen molar-refractivity contribution < 1.29 is 14.6 Å². The van der Waals surface area contributed by atoms with E-state index in [0.29, 0.717) is 16.6 Å². The number of aromatic hydroxyl groups is 1. The highest BCUT2D eigenvalue weighted by Gasteiger charge is 2.14. The molecule has 0 unspecified atom stereocenters. The van der Waals surface area contributed by atoms with Crippen LogP contribution in [0, 0.1) is 0 Å². The van der Waals surface area contributed by atoms with Gasteiger partial charge in [0.1, 0.15) is 11.3 Å². The molecule has 0 aliphatic heterocycles. The molecule has 0 fully saturated rings. The molecule has 5 nitrogen and oxygen atoms in total. The summed E-state index contributed by atoms with van der Waals surface area (Å²) in [6.45, 7) is 1.89. The zero-order valence-corrected chi connectivity index (χ0v) is 12.5. The summed E-state index contributed by atoms with van der Waals surface area (Å²) in [5.74, 6) is -0.513. The first-order chi connectivity index (χ1) is 11.1. The first-order valence-electron chi connectivity index (χ1n) is 7.22. The van der Waals surface area contributed by atoms with Crippen molar-refractivity contribution >= 4 is 11.5 Å². The topological polar surface area (TPSA) is 68.0 Å². The van der Waals surface area contributed by atoms with Gasteiger partial charge in [-0.2, -0.15) is 0 Å². The number of benzene rings is 1. The van der Waals surface area contributed by atoms with Gasteiger partial charge < -0.3 is 9.84 Å². The van der Waals surface area contributed by atoms with Gasteiger partial charge in [-0.3, -0.25) is 9.20 Å². The molecule has 23 heavy (non-hydrogen) atoms. The number of phenolic OH excluding ortho intramolecular Hbond substituents is 1. The second-order valence-corrected chi connectivity index (χ2v) is 5.00. The molecule has 0 aliphatic carbocycles. The molecule has 0 saturated heterocycles. The molecule has 3 rings (SSSR count). The van der Waals surface area contributed by atoms with E-state index >= 15 is 0 Å². The lowest BCUT2D eigenvalue weighted by Crippen LogP contribution is -2.23. The third-order valence-electron chi connectivity index (χ3n) is 3.56. The number of hydrogen-bond donors (Lipinski definition) is 1. The number of pyridine rings is 2. The number of para-hydroxylation sites is 1. The van der Waals surface area contributed by atoms with Crippen molar-refractivity contribution in [3.05, 3.63) is 70.6 Å². The van der Waals surface area contributed by atoms with E-state index in [1.54, 1.807) is 49.5 Å². The van der Waals surface area contributed by atoms with Crippen molar-refractivity contribution in [2.24, 2.45) is 0 Å². The molecule has 3 aromatic rings. The molecule has 0 saturated carbocycles. The second kappa shape index (κ2) is 5.96. The molecule has 0 radical (unpaired) electrons. The number of carbonyl (C=O) groups is 1. The molecule has 116 valence electrons. The van der Waals surface area contributed by atoms with Crippen LogP contribution in [0.15, 0.2) is 59.5 Å². The van der Waals surface area contributed by atoms with Crippen molar-refractivity contribution in [1.82, 2.24) is 4.40 Å². The van der Waals surface area contributed by atoms with E-state index < -0.39 is 11.5 Å². The second-order valence-electron chi connectivity index (χ2n) is 5.00. The normalized spacial score (nSPS) is 10.7. The molecule has 0 spiro atoms. The monoisotopic (exact) mass is 309 g/mol. The van der Waals surface area contributed by atoms with Gasteiger partial charge in [0, 0.05) is 22.8 Å². The fourth-order valence-corrected chi connectivity index (χ4v) is 2.43. The standard InChI is InChI=1S/C18H15NO4/c1-2-23-18(22)15-10-9-13-8-7-12(11-19(13)17(15)21)14-5-3-4-6-16(14)20/h3-11,20H,2H2,1H3. The van der Waals surface area contributed by atoms with Crippen LogP contribution >= 0.6 is 0 Å². The molecule has 0 aliphatic rings. The molecule has 1 N–H and O–H groups in total. The summed E-state index contributed by atoms with van der Waals surface area (Å²) < 4.78 is 6.28. The van der Waals surface area contributed by atoms with E-state index in [0.717, 1.165) is 0 Å². The van der Waals surface area contributed by atoms with Crippen LogP contribution in [0.5, 0.6) is 5.75 Å². The predicted octanol–water partition coefficient (Wildman–Crippen LogP) is 2.85. The average Bonchev–Trinajstić information content (AvgIpc) is 2.56. The maximum Gasteiger partial charge on any atom is 0.343 e. The minimum atomic E-state index is -0.639. The number of esters is 1. The predicted molar refractivity (Wildman–Crippen MR) is 86.7 cm³/mol. The fraction of sp³-hybridized carbons (Fsp3) is 0.111. The van der Waals surface area contributed by atoms with Gasteiger partial charge in [-0.05, 0) is 31.2 Å². The van der Waals surface area contributed by atoms with Gasteiger partial charge in [-0.1, -0.05) is 24.3 Å². The quantitative estimate of drug-likeness (QED) is 0.755. The fourth-order valence-electron chi connectivity index (χ4n) is 2.43. The number of carbonyl (C=O) groups excluding carboxylic acids is 1. The van der Waals surface area contributed by atoms with Crippen LogP contribution in [-0.2, 0) is 4.74 Å². The Bertz CT molecular complexity index is 943. The van der Waals surface area contributed by atoms with Gasteiger partial charge in [0.2, 0.25) is 0 Å². The molecule has 0 atom stereocenters. The Morgan fingerprint density at radius 2 is 1.87 bits per heavy atom. The van der Waals surface area contributed by atoms with Crippen molar-refractivity contribution in [1.29, 1.82) is 0 Å². The Kier molecular flexibility index (Phi) is 3.85. The van der Waals surface area contributed by atoms with Crippen LogP contribution in [0.1, 0.15) is 17.3 Å². The van der Waals surface area contributed by atoms with Crippen molar-refractivity contribution in [3.8, 4) is 16.9 Å². The third kappa shape index (κ3) is 2.68. The third-order valence-corrected chi connectivity index (χ3v) is 3.56. The molecule has 2 heterocycles. The van der Waals surface area contributed by atoms with E-state index in [2.05, 4.69) is 0 Å². The van der Waals surface area contributed by atoms with Crippen LogP contribution in [0.3, 0.4) is 0 Å². The summed E-state index contributed by atoms with van der Waals surface area (Å²) in [4.78, 5) is 24.4. The number of ether oxygens (including phenoxy) is 1. The lowest BCUT2D eigenvalue weighted by molar-refractivity contribution is 0.0524. The van der Waals surface area contributed by atoms with E-state index in [1.165, 1.54) is 10.5 Å². The largest absolute Gasteiger partial charge is 0.507 e. The van der Waals surface area contributed by atoms with Gasteiger partial charge in [0.15, 0.2) is 0 Å². The van der Waals surface area contributed by atoms with Crippen molar-refractivity contribution in [3.63, 3.8) is 0 Å². The summed E-state index contributed by atoms with van der Waals surface area (Å²) in [5.41, 5.74) is 1.49. The number of aromatic nitrogens is 1. The number of rotatable bonds is 3. The molecule has 2 aromatic heterocycles.